The van der Waals surface area contributed by atoms with Crippen molar-refractivity contribution in [1.82, 2.24) is 10.0 Å². The van der Waals surface area contributed by atoms with E-state index in [4.69, 9.17) is 0 Å². The first-order chi connectivity index (χ1) is 9.57. The summed E-state index contributed by atoms with van der Waals surface area (Å²) in [5.74, 6) is 0. The Morgan fingerprint density at radius 2 is 1.65 bits per heavy atom. The Balaban J connectivity index is 2.67. The summed E-state index contributed by atoms with van der Waals surface area (Å²) in [5.41, 5.74) is 0. The fourth-order valence-corrected chi connectivity index (χ4v) is 2.77. The van der Waals surface area contributed by atoms with Crippen molar-refractivity contribution in [2.24, 2.45) is 0 Å². The Hall–Kier alpha value is -1.46. The van der Waals surface area contributed by atoms with E-state index in [1.807, 2.05) is 0 Å². The van der Waals surface area contributed by atoms with Crippen LogP contribution in [0.1, 0.15) is 64.7 Å². The van der Waals surface area contributed by atoms with Crippen LogP contribution in [-0.2, 0) is 0 Å². The number of amides is 2. The van der Waals surface area contributed by atoms with Gasteiger partial charge in [-0.05, 0) is 19.3 Å². The van der Waals surface area contributed by atoms with Crippen molar-refractivity contribution in [2.45, 2.75) is 70.8 Å². The molecule has 1 aliphatic rings. The number of nitrogens with zero attached hydrogens (tertiary/aromatic N) is 2. The Bertz CT molecular complexity index is 316. The van der Waals surface area contributed by atoms with Crippen molar-refractivity contribution < 1.29 is 19.8 Å². The minimum absolute atomic E-state index is 0.191. The Kier molecular flexibility index (Phi) is 7.18. The average Bonchev–Trinajstić information content (AvgIpc) is 2.42. The molecule has 2 amide bonds. The monoisotopic (exact) mass is 286 g/mol. The molecule has 1 rings (SSSR count). The zero-order valence-electron chi connectivity index (χ0n) is 12.3. The first-order valence-corrected chi connectivity index (χ1v) is 7.60. The molecule has 2 N–H and O–H groups in total. The molecule has 0 spiro atoms. The van der Waals surface area contributed by atoms with Crippen LogP contribution < -0.4 is 0 Å². The van der Waals surface area contributed by atoms with Crippen molar-refractivity contribution in [1.29, 1.82) is 0 Å². The highest BCUT2D eigenvalue weighted by Gasteiger charge is 2.32. The minimum Gasteiger partial charge on any atom is -0.464 e. The van der Waals surface area contributed by atoms with Crippen LogP contribution in [0.25, 0.3) is 0 Å². The fraction of sp³-hybridized carbons (Fsp3) is 0.857. The van der Waals surface area contributed by atoms with Crippen molar-refractivity contribution in [3.63, 3.8) is 0 Å². The van der Waals surface area contributed by atoms with Gasteiger partial charge in [-0.3, -0.25) is 0 Å². The van der Waals surface area contributed by atoms with Gasteiger partial charge in [-0.15, -0.1) is 0 Å². The number of carbonyl (C=O) groups is 2. The van der Waals surface area contributed by atoms with E-state index in [9.17, 15) is 19.8 Å². The summed E-state index contributed by atoms with van der Waals surface area (Å²) in [4.78, 5) is 22.8. The SMILES string of the molecule is CCCCCCN(C(=O)O)N(C(=O)O)C1CCCCC1. The van der Waals surface area contributed by atoms with Crippen LogP contribution in [-0.4, -0.2) is 45.0 Å². The molecule has 0 atom stereocenters. The maximum Gasteiger partial charge on any atom is 0.426 e. The largest absolute Gasteiger partial charge is 0.464 e. The molecular formula is C14H26N2O4. The lowest BCUT2D eigenvalue weighted by atomic mass is 9.95. The quantitative estimate of drug-likeness (QED) is 0.575. The van der Waals surface area contributed by atoms with E-state index in [1.54, 1.807) is 0 Å². The lowest BCUT2D eigenvalue weighted by molar-refractivity contribution is -0.0351. The molecule has 116 valence electrons. The van der Waals surface area contributed by atoms with Crippen molar-refractivity contribution in [3.05, 3.63) is 0 Å². The summed E-state index contributed by atoms with van der Waals surface area (Å²) in [6.45, 7) is 2.35. The summed E-state index contributed by atoms with van der Waals surface area (Å²) in [6.07, 6.45) is 5.97. The van der Waals surface area contributed by atoms with Crippen LogP contribution in [0.4, 0.5) is 9.59 Å². The first kappa shape index (κ1) is 16.6. The number of rotatable bonds is 6. The van der Waals surface area contributed by atoms with Gasteiger partial charge in [0.25, 0.3) is 0 Å². The Morgan fingerprint density at radius 3 is 2.15 bits per heavy atom. The molecule has 0 unspecified atom stereocenters. The molecule has 0 radical (unpaired) electrons. The molecule has 0 aliphatic heterocycles. The third-order valence-corrected chi connectivity index (χ3v) is 3.82. The maximum absolute atomic E-state index is 11.5. The van der Waals surface area contributed by atoms with Gasteiger partial charge in [0, 0.05) is 6.54 Å². The second kappa shape index (κ2) is 8.66. The zero-order chi connectivity index (χ0) is 15.0. The van der Waals surface area contributed by atoms with Crippen molar-refractivity contribution in [2.75, 3.05) is 6.54 Å². The molecule has 0 bridgehead atoms. The van der Waals surface area contributed by atoms with Crippen LogP contribution >= 0.6 is 0 Å². The second-order valence-electron chi connectivity index (χ2n) is 5.39. The van der Waals surface area contributed by atoms with Crippen molar-refractivity contribution >= 4 is 12.2 Å². The maximum atomic E-state index is 11.5. The highest BCUT2D eigenvalue weighted by atomic mass is 16.4. The lowest BCUT2D eigenvalue weighted by Gasteiger charge is -2.38. The van der Waals surface area contributed by atoms with E-state index in [0.717, 1.165) is 61.4 Å². The lowest BCUT2D eigenvalue weighted by Crippen LogP contribution is -2.54. The van der Waals surface area contributed by atoms with Crippen molar-refractivity contribution in [3.8, 4) is 0 Å². The predicted molar refractivity (Wildman–Crippen MR) is 75.6 cm³/mol. The van der Waals surface area contributed by atoms with Gasteiger partial charge >= 0.3 is 12.2 Å². The summed E-state index contributed by atoms with van der Waals surface area (Å²) < 4.78 is 0. The Morgan fingerprint density at radius 1 is 1.00 bits per heavy atom. The van der Waals surface area contributed by atoms with Gasteiger partial charge in [0.2, 0.25) is 0 Å². The van der Waals surface area contributed by atoms with E-state index < -0.39 is 12.2 Å². The third-order valence-electron chi connectivity index (χ3n) is 3.82. The molecule has 0 saturated heterocycles. The molecule has 6 heteroatoms. The number of unbranched alkanes of at least 4 members (excludes halogenated alkanes) is 3. The van der Waals surface area contributed by atoms with Gasteiger partial charge in [0.1, 0.15) is 0 Å². The Labute approximate surface area is 120 Å². The summed E-state index contributed by atoms with van der Waals surface area (Å²) in [7, 11) is 0. The third kappa shape index (κ3) is 4.90. The summed E-state index contributed by atoms with van der Waals surface area (Å²) >= 11 is 0. The molecule has 1 aliphatic carbocycles. The molecule has 1 fully saturated rings. The number of hydrogen-bond donors (Lipinski definition) is 2. The fourth-order valence-electron chi connectivity index (χ4n) is 2.77. The smallest absolute Gasteiger partial charge is 0.426 e. The van der Waals surface area contributed by atoms with Crippen LogP contribution in [0.3, 0.4) is 0 Å². The molecule has 0 aromatic carbocycles. The van der Waals surface area contributed by atoms with Crippen LogP contribution in [0.5, 0.6) is 0 Å². The standard InChI is InChI=1S/C14H26N2O4/c1-2-3-4-8-11-15(13(17)18)16(14(19)20)12-9-6-5-7-10-12/h12H,2-11H2,1H3,(H,17,18)(H,19,20). The van der Waals surface area contributed by atoms with E-state index in [1.165, 1.54) is 0 Å². The number of hydrazine groups is 1. The van der Waals surface area contributed by atoms with Gasteiger partial charge in [0.05, 0.1) is 6.04 Å². The van der Waals surface area contributed by atoms with E-state index in [-0.39, 0.29) is 12.6 Å². The second-order valence-corrected chi connectivity index (χ2v) is 5.39. The van der Waals surface area contributed by atoms with E-state index in [0.29, 0.717) is 6.42 Å². The topological polar surface area (TPSA) is 81.1 Å². The van der Waals surface area contributed by atoms with Gasteiger partial charge in [-0.2, -0.15) is 0 Å². The molecule has 0 heterocycles. The minimum atomic E-state index is -1.17. The van der Waals surface area contributed by atoms with Gasteiger partial charge in [-0.1, -0.05) is 45.4 Å². The first-order valence-electron chi connectivity index (χ1n) is 7.60. The molecule has 0 aromatic rings. The molecule has 20 heavy (non-hydrogen) atoms. The van der Waals surface area contributed by atoms with E-state index >= 15 is 0 Å². The predicted octanol–water partition coefficient (Wildman–Crippen LogP) is 3.77. The van der Waals surface area contributed by atoms with Crippen LogP contribution in [0.2, 0.25) is 0 Å². The highest BCUT2D eigenvalue weighted by Crippen LogP contribution is 2.24. The van der Waals surface area contributed by atoms with Crippen LogP contribution in [0, 0.1) is 0 Å². The molecular weight excluding hydrogens is 260 g/mol. The normalized spacial score (nSPS) is 15.8. The van der Waals surface area contributed by atoms with E-state index in [2.05, 4.69) is 6.92 Å². The summed E-state index contributed by atoms with van der Waals surface area (Å²) in [5, 5.41) is 20.7. The number of carboxylic acid groups (broad SMARTS) is 2. The summed E-state index contributed by atoms with van der Waals surface area (Å²) in [6, 6.07) is -0.191. The zero-order valence-corrected chi connectivity index (χ0v) is 12.3. The molecule has 1 saturated carbocycles. The molecule has 0 aromatic heterocycles. The molecule has 6 nitrogen and oxygen atoms in total. The van der Waals surface area contributed by atoms with Crippen LogP contribution in [0.15, 0.2) is 0 Å². The van der Waals surface area contributed by atoms with Gasteiger partial charge in [-0.25, -0.2) is 19.6 Å². The average molecular weight is 286 g/mol. The van der Waals surface area contributed by atoms with Gasteiger partial charge < -0.3 is 10.2 Å². The number of hydrogen-bond acceptors (Lipinski definition) is 2. The highest BCUT2D eigenvalue weighted by molar-refractivity contribution is 5.72. The van der Waals surface area contributed by atoms with Gasteiger partial charge in [0.15, 0.2) is 0 Å².